The molecule has 0 spiro atoms. The normalized spacial score (nSPS) is 18.8. The summed E-state index contributed by atoms with van der Waals surface area (Å²) >= 11 is 5.94. The highest BCUT2D eigenvalue weighted by Gasteiger charge is 2.63. The second-order valence-corrected chi connectivity index (χ2v) is 11.0. The molecule has 4 aromatic rings. The Morgan fingerprint density at radius 1 is 1.03 bits per heavy atom. The van der Waals surface area contributed by atoms with Crippen molar-refractivity contribution in [2.75, 3.05) is 0 Å². The molecule has 37 heavy (non-hydrogen) atoms. The van der Waals surface area contributed by atoms with Gasteiger partial charge in [0.25, 0.3) is 0 Å². The Kier molecular flexibility index (Phi) is 6.72. The van der Waals surface area contributed by atoms with Gasteiger partial charge in [0, 0.05) is 28.9 Å². The highest BCUT2D eigenvalue weighted by molar-refractivity contribution is 7.89. The lowest BCUT2D eigenvalue weighted by atomic mass is 10.1. The van der Waals surface area contributed by atoms with Crippen LogP contribution in [-0.4, -0.2) is 30.0 Å². The molecule has 0 saturated heterocycles. The maximum Gasteiger partial charge on any atom is 0.325 e. The van der Waals surface area contributed by atoms with Crippen molar-refractivity contribution in [3.8, 4) is 16.9 Å². The van der Waals surface area contributed by atoms with Gasteiger partial charge in [-0.05, 0) is 65.6 Å². The third-order valence-electron chi connectivity index (χ3n) is 6.39. The predicted molar refractivity (Wildman–Crippen MR) is 140 cm³/mol. The summed E-state index contributed by atoms with van der Waals surface area (Å²) in [5, 5.41) is 10.6. The standard InChI is InChI=1S/C28H23ClN2O5S/c29-23-10-6-20(7-11-23)21-8-12-25(13-9-21)37(34,35)31-28(27(32)33)16-26(28)22-4-1-5-24(15-22)36-18-19-3-2-14-30-17-19/h1-15,17,26,31H,16,18H2,(H,32,33). The molecule has 1 aliphatic carbocycles. The van der Waals surface area contributed by atoms with Crippen molar-refractivity contribution in [3.63, 3.8) is 0 Å². The third-order valence-corrected chi connectivity index (χ3v) is 8.17. The summed E-state index contributed by atoms with van der Waals surface area (Å²) in [6.07, 6.45) is 3.52. The number of aromatic nitrogens is 1. The minimum absolute atomic E-state index is 0.00922. The van der Waals surface area contributed by atoms with E-state index in [1.54, 1.807) is 60.9 Å². The van der Waals surface area contributed by atoms with Gasteiger partial charge in [0.1, 0.15) is 17.9 Å². The van der Waals surface area contributed by atoms with Gasteiger partial charge in [-0.25, -0.2) is 8.42 Å². The summed E-state index contributed by atoms with van der Waals surface area (Å²) in [4.78, 5) is 16.3. The lowest BCUT2D eigenvalue weighted by Crippen LogP contribution is -2.44. The second-order valence-electron chi connectivity index (χ2n) is 8.89. The molecular weight excluding hydrogens is 512 g/mol. The van der Waals surface area contributed by atoms with E-state index in [1.165, 1.54) is 12.1 Å². The average Bonchev–Trinajstić information content (AvgIpc) is 3.64. The first-order chi connectivity index (χ1) is 17.8. The van der Waals surface area contributed by atoms with Crippen molar-refractivity contribution < 1.29 is 23.1 Å². The number of nitrogens with zero attached hydrogens (tertiary/aromatic N) is 1. The van der Waals surface area contributed by atoms with E-state index in [2.05, 4.69) is 9.71 Å². The van der Waals surface area contributed by atoms with Crippen molar-refractivity contribution in [2.45, 2.75) is 29.4 Å². The number of rotatable bonds is 9. The number of ether oxygens (including phenoxy) is 1. The van der Waals surface area contributed by atoms with Crippen LogP contribution in [0.15, 0.2) is 102 Å². The lowest BCUT2D eigenvalue weighted by molar-refractivity contribution is -0.140. The first-order valence-corrected chi connectivity index (χ1v) is 13.4. The quantitative estimate of drug-likeness (QED) is 0.303. The van der Waals surface area contributed by atoms with Crippen LogP contribution in [0.1, 0.15) is 23.5 Å². The number of pyridine rings is 1. The van der Waals surface area contributed by atoms with Gasteiger partial charge >= 0.3 is 5.97 Å². The molecule has 1 saturated carbocycles. The van der Waals surface area contributed by atoms with Crippen molar-refractivity contribution in [1.82, 2.24) is 9.71 Å². The number of carboxylic acids is 1. The van der Waals surface area contributed by atoms with Crippen LogP contribution >= 0.6 is 11.6 Å². The monoisotopic (exact) mass is 534 g/mol. The smallest absolute Gasteiger partial charge is 0.325 e. The zero-order valence-corrected chi connectivity index (χ0v) is 21.1. The number of sulfonamides is 1. The minimum atomic E-state index is -4.09. The molecular formula is C28H23ClN2O5S. The molecule has 1 fully saturated rings. The number of aliphatic carboxylic acids is 1. The number of nitrogens with one attached hydrogen (secondary N) is 1. The highest BCUT2D eigenvalue weighted by Crippen LogP contribution is 2.53. The van der Waals surface area contributed by atoms with Crippen molar-refractivity contribution in [3.05, 3.63) is 113 Å². The Balaban J connectivity index is 1.32. The molecule has 0 radical (unpaired) electrons. The van der Waals surface area contributed by atoms with E-state index in [4.69, 9.17) is 16.3 Å². The Morgan fingerprint density at radius 2 is 1.73 bits per heavy atom. The second kappa shape index (κ2) is 9.97. The summed E-state index contributed by atoms with van der Waals surface area (Å²) in [6, 6.07) is 24.3. The van der Waals surface area contributed by atoms with Crippen LogP contribution in [-0.2, 0) is 21.4 Å². The summed E-state index contributed by atoms with van der Waals surface area (Å²) in [5.74, 6) is -1.19. The van der Waals surface area contributed by atoms with E-state index in [1.807, 2.05) is 24.3 Å². The summed E-state index contributed by atoms with van der Waals surface area (Å²) in [6.45, 7) is 0.310. The first kappa shape index (κ1) is 25.0. The van der Waals surface area contributed by atoms with Crippen molar-refractivity contribution in [1.29, 1.82) is 0 Å². The third kappa shape index (κ3) is 5.36. The molecule has 3 aromatic carbocycles. The Bertz CT molecular complexity index is 1530. The van der Waals surface area contributed by atoms with Crippen LogP contribution in [0.25, 0.3) is 11.1 Å². The summed E-state index contributed by atoms with van der Waals surface area (Å²) < 4.78 is 34.6. The van der Waals surface area contributed by atoms with Gasteiger partial charge in [-0.3, -0.25) is 9.78 Å². The largest absolute Gasteiger partial charge is 0.489 e. The van der Waals surface area contributed by atoms with Gasteiger partial charge in [0.2, 0.25) is 10.0 Å². The minimum Gasteiger partial charge on any atom is -0.489 e. The zero-order chi connectivity index (χ0) is 26.0. The Labute approximate surface area is 219 Å². The fourth-order valence-corrected chi connectivity index (χ4v) is 5.83. The molecule has 1 aromatic heterocycles. The van der Waals surface area contributed by atoms with E-state index in [9.17, 15) is 18.3 Å². The van der Waals surface area contributed by atoms with E-state index >= 15 is 0 Å². The number of benzene rings is 3. The van der Waals surface area contributed by atoms with E-state index in [0.717, 1.165) is 16.7 Å². The maximum atomic E-state index is 13.2. The summed E-state index contributed by atoms with van der Waals surface area (Å²) in [5.41, 5.74) is 1.66. The molecule has 9 heteroatoms. The SMILES string of the molecule is O=C(O)C1(NS(=O)(=O)c2ccc(-c3ccc(Cl)cc3)cc2)CC1c1cccc(OCc2cccnc2)c1. The van der Waals surface area contributed by atoms with Gasteiger partial charge in [0.15, 0.2) is 0 Å². The van der Waals surface area contributed by atoms with Crippen molar-refractivity contribution >= 4 is 27.6 Å². The average molecular weight is 535 g/mol. The van der Waals surface area contributed by atoms with Crippen LogP contribution in [0.5, 0.6) is 5.75 Å². The predicted octanol–water partition coefficient (Wildman–Crippen LogP) is 5.27. The number of carbonyl (C=O) groups is 1. The Hall–Kier alpha value is -3.72. The number of hydrogen-bond acceptors (Lipinski definition) is 5. The molecule has 1 aliphatic rings. The molecule has 5 rings (SSSR count). The molecule has 1 heterocycles. The molecule has 2 N–H and O–H groups in total. The zero-order valence-electron chi connectivity index (χ0n) is 19.5. The molecule has 0 amide bonds. The number of halogens is 1. The van der Waals surface area contributed by atoms with E-state index in [-0.39, 0.29) is 11.3 Å². The molecule has 0 bridgehead atoms. The molecule has 0 aliphatic heterocycles. The fourth-order valence-electron chi connectivity index (χ4n) is 4.30. The lowest BCUT2D eigenvalue weighted by Gasteiger charge is -2.16. The maximum absolute atomic E-state index is 13.2. The van der Waals surface area contributed by atoms with Crippen LogP contribution in [0.4, 0.5) is 0 Å². The summed E-state index contributed by atoms with van der Waals surface area (Å²) in [7, 11) is -4.09. The van der Waals surface area contributed by atoms with Gasteiger partial charge in [0.05, 0.1) is 4.90 Å². The highest BCUT2D eigenvalue weighted by atomic mass is 35.5. The van der Waals surface area contributed by atoms with Crippen molar-refractivity contribution in [2.24, 2.45) is 0 Å². The first-order valence-electron chi connectivity index (χ1n) is 11.5. The molecule has 2 unspecified atom stereocenters. The van der Waals surface area contributed by atoms with Gasteiger partial charge in [-0.2, -0.15) is 4.72 Å². The Morgan fingerprint density at radius 3 is 2.38 bits per heavy atom. The van der Waals surface area contributed by atoms with Crippen LogP contribution in [0.3, 0.4) is 0 Å². The van der Waals surface area contributed by atoms with E-state index < -0.39 is 27.4 Å². The number of hydrogen-bond donors (Lipinski definition) is 2. The van der Waals surface area contributed by atoms with E-state index in [0.29, 0.717) is 22.9 Å². The topological polar surface area (TPSA) is 106 Å². The fraction of sp³-hybridized carbons (Fsp3) is 0.143. The van der Waals surface area contributed by atoms with Crippen LogP contribution < -0.4 is 9.46 Å². The van der Waals surface area contributed by atoms with Crippen LogP contribution in [0.2, 0.25) is 5.02 Å². The van der Waals surface area contributed by atoms with Gasteiger partial charge in [-0.1, -0.05) is 54.1 Å². The molecule has 2 atom stereocenters. The molecule has 188 valence electrons. The number of carboxylic acid groups (broad SMARTS) is 1. The van der Waals surface area contributed by atoms with Gasteiger partial charge < -0.3 is 9.84 Å². The molecule has 7 nitrogen and oxygen atoms in total. The van der Waals surface area contributed by atoms with Crippen LogP contribution in [0, 0.1) is 0 Å². The van der Waals surface area contributed by atoms with Gasteiger partial charge in [-0.15, -0.1) is 0 Å².